The van der Waals surface area contributed by atoms with Crippen LogP contribution in [0.2, 0.25) is 0 Å². The van der Waals surface area contributed by atoms with Crippen molar-refractivity contribution in [1.29, 1.82) is 0 Å². The number of hydrogen-bond acceptors (Lipinski definition) is 10. The van der Waals surface area contributed by atoms with Crippen molar-refractivity contribution >= 4 is 55.4 Å². The van der Waals surface area contributed by atoms with Crippen molar-refractivity contribution in [3.63, 3.8) is 0 Å². The molecule has 4 unspecified atom stereocenters. The number of nitrogens with one attached hydrogen (secondary N) is 2. The SMILES string of the molecule is Cc1ccc(C(CCO)NC(=O)C2SCCN2S(=O)(=O)c2ccc(-c3ccccc3)cc2)cc1.O=C(NC(c1ccccc1)c1ccccn1)C1SCCN1S(=O)(=O)c1ccc(-c2ccccc2)cc1. The minimum absolute atomic E-state index is 0.0909. The molecule has 0 saturated carbocycles. The number of pyridine rings is 1. The summed E-state index contributed by atoms with van der Waals surface area (Å²) in [5.41, 5.74) is 7.41. The van der Waals surface area contributed by atoms with E-state index in [0.29, 0.717) is 23.6 Å². The number of carbonyl (C=O) groups is 2. The number of hydrogen-bond donors (Lipinski definition) is 3. The van der Waals surface area contributed by atoms with Crippen LogP contribution in [-0.2, 0) is 29.6 Å². The van der Waals surface area contributed by atoms with Gasteiger partial charge in [0.15, 0.2) is 0 Å². The summed E-state index contributed by atoms with van der Waals surface area (Å²) in [6.07, 6.45) is 2.03. The molecule has 2 aliphatic rings. The van der Waals surface area contributed by atoms with E-state index in [1.54, 1.807) is 54.7 Å². The third-order valence-electron chi connectivity index (χ3n) is 11.9. The van der Waals surface area contributed by atoms with Crippen LogP contribution in [0.4, 0.5) is 0 Å². The Hall–Kier alpha value is -6.11. The molecule has 0 aliphatic carbocycles. The molecular weight excluding hydrogens is 959 g/mol. The van der Waals surface area contributed by atoms with Crippen LogP contribution in [0.5, 0.6) is 0 Å². The zero-order valence-electron chi connectivity index (χ0n) is 38.3. The molecule has 1 aromatic heterocycles. The topological polar surface area (TPSA) is 166 Å². The number of sulfonamides is 2. The first-order valence-electron chi connectivity index (χ1n) is 22.8. The van der Waals surface area contributed by atoms with E-state index in [4.69, 9.17) is 0 Å². The maximum Gasteiger partial charge on any atom is 0.249 e. The largest absolute Gasteiger partial charge is 0.396 e. The highest BCUT2D eigenvalue weighted by atomic mass is 32.2. The number of aryl methyl sites for hydroxylation is 1. The zero-order valence-corrected chi connectivity index (χ0v) is 41.6. The van der Waals surface area contributed by atoms with E-state index in [1.807, 2.05) is 140 Å². The van der Waals surface area contributed by atoms with Crippen molar-refractivity contribution in [1.82, 2.24) is 24.2 Å². The van der Waals surface area contributed by atoms with Gasteiger partial charge in [-0.15, -0.1) is 23.5 Å². The zero-order chi connectivity index (χ0) is 49.1. The Balaban J connectivity index is 0.000000189. The molecular formula is C54H53N5O7S4. The first kappa shape index (κ1) is 50.3. The summed E-state index contributed by atoms with van der Waals surface area (Å²) in [5.74, 6) is 0.348. The molecule has 360 valence electrons. The standard InChI is InChI=1S/C28H25N3O3S2.C26H28N2O4S2/c32-27(30-26(23-11-5-2-6-12-23)25-13-7-8-18-29-25)28-31(19-20-35-28)36(33,34)24-16-14-22(15-17-24)21-9-3-1-4-10-21;1-19-7-9-22(10-8-19)24(15-17-29)27-25(30)26-28(16-18-33-26)34(31,32)23-13-11-21(12-14-23)20-5-3-2-4-6-20/h1-18,26,28H,19-20H2,(H,30,32);2-14,24,26,29H,15-18H2,1H3,(H,27,30). The van der Waals surface area contributed by atoms with Crippen molar-refractivity contribution in [3.8, 4) is 22.3 Å². The van der Waals surface area contributed by atoms with Crippen molar-refractivity contribution in [2.45, 2.75) is 46.0 Å². The number of aliphatic hydroxyl groups excluding tert-OH is 1. The summed E-state index contributed by atoms with van der Waals surface area (Å²) in [7, 11) is -7.71. The molecule has 0 radical (unpaired) electrons. The quantitative estimate of drug-likeness (QED) is 0.0905. The fourth-order valence-corrected chi connectivity index (χ4v) is 14.4. The van der Waals surface area contributed by atoms with Gasteiger partial charge in [-0.3, -0.25) is 14.6 Å². The highest BCUT2D eigenvalue weighted by Gasteiger charge is 2.42. The van der Waals surface area contributed by atoms with Crippen LogP contribution in [0, 0.1) is 6.92 Å². The van der Waals surface area contributed by atoms with Gasteiger partial charge in [0, 0.05) is 37.4 Å². The third-order valence-corrected chi connectivity index (χ3v) is 18.3. The number of thioether (sulfide) groups is 2. The minimum Gasteiger partial charge on any atom is -0.396 e. The van der Waals surface area contributed by atoms with Gasteiger partial charge in [-0.1, -0.05) is 151 Å². The molecule has 3 N–H and O–H groups in total. The van der Waals surface area contributed by atoms with E-state index in [9.17, 15) is 31.5 Å². The summed E-state index contributed by atoms with van der Waals surface area (Å²) >= 11 is 2.64. The predicted octanol–water partition coefficient (Wildman–Crippen LogP) is 8.68. The third kappa shape index (κ3) is 11.9. The van der Waals surface area contributed by atoms with Gasteiger partial charge in [0.05, 0.1) is 27.6 Å². The number of aliphatic hydroxyl groups is 1. The molecule has 9 rings (SSSR count). The Morgan fingerprint density at radius 3 is 1.47 bits per heavy atom. The molecule has 2 aliphatic heterocycles. The van der Waals surface area contributed by atoms with Crippen molar-refractivity contribution < 1.29 is 31.5 Å². The Bertz CT molecular complexity index is 3010. The fraction of sp³-hybridized carbons (Fsp3) is 0.204. The molecule has 70 heavy (non-hydrogen) atoms. The van der Waals surface area contributed by atoms with Gasteiger partial charge in [-0.25, -0.2) is 16.8 Å². The lowest BCUT2D eigenvalue weighted by molar-refractivity contribution is -0.123. The second kappa shape index (κ2) is 23.2. The molecule has 2 fully saturated rings. The second-order valence-corrected chi connectivity index (χ2v) is 22.7. The highest BCUT2D eigenvalue weighted by molar-refractivity contribution is 8.02. The Morgan fingerprint density at radius 1 is 0.571 bits per heavy atom. The van der Waals surface area contributed by atoms with E-state index in [1.165, 1.54) is 32.1 Å². The molecule has 2 amide bonds. The summed E-state index contributed by atoms with van der Waals surface area (Å²) in [6, 6.07) is 55.0. The molecule has 3 heterocycles. The van der Waals surface area contributed by atoms with Crippen LogP contribution in [0.1, 0.15) is 40.9 Å². The number of benzene rings is 6. The maximum atomic E-state index is 13.5. The number of carbonyl (C=O) groups excluding carboxylic acids is 2. The first-order valence-corrected chi connectivity index (χ1v) is 27.7. The second-order valence-electron chi connectivity index (χ2n) is 16.5. The van der Waals surface area contributed by atoms with Gasteiger partial charge in [-0.2, -0.15) is 8.61 Å². The summed E-state index contributed by atoms with van der Waals surface area (Å²) in [5, 5.41) is 13.8. The monoisotopic (exact) mass is 1010 g/mol. The van der Waals surface area contributed by atoms with Gasteiger partial charge in [-0.05, 0) is 83.1 Å². The lowest BCUT2D eigenvalue weighted by atomic mass is 10.0. The minimum atomic E-state index is -3.86. The Morgan fingerprint density at radius 2 is 1.01 bits per heavy atom. The van der Waals surface area contributed by atoms with Gasteiger partial charge in [0.25, 0.3) is 0 Å². The summed E-state index contributed by atoms with van der Waals surface area (Å²) in [4.78, 5) is 31.4. The predicted molar refractivity (Wildman–Crippen MR) is 278 cm³/mol. The van der Waals surface area contributed by atoms with Gasteiger partial charge in [0.2, 0.25) is 31.9 Å². The number of nitrogens with zero attached hydrogens (tertiary/aromatic N) is 3. The average Bonchev–Trinajstić information content (AvgIpc) is 4.13. The van der Waals surface area contributed by atoms with Crippen LogP contribution in [0.3, 0.4) is 0 Å². The van der Waals surface area contributed by atoms with Crippen molar-refractivity contribution in [2.24, 2.45) is 0 Å². The fourth-order valence-electron chi connectivity index (χ4n) is 8.21. The molecule has 2 saturated heterocycles. The van der Waals surface area contributed by atoms with Gasteiger partial charge < -0.3 is 15.7 Å². The maximum absolute atomic E-state index is 13.5. The number of aromatic nitrogens is 1. The van der Waals surface area contributed by atoms with Crippen molar-refractivity contribution in [2.75, 3.05) is 31.2 Å². The van der Waals surface area contributed by atoms with Crippen LogP contribution in [-0.4, -0.2) is 89.3 Å². The number of rotatable bonds is 15. The number of amides is 2. The molecule has 0 bridgehead atoms. The van der Waals surface area contributed by atoms with Gasteiger partial charge in [0.1, 0.15) is 10.7 Å². The first-order chi connectivity index (χ1) is 33.9. The lowest BCUT2D eigenvalue weighted by Crippen LogP contribution is -2.46. The molecule has 16 heteroatoms. The Labute approximate surface area is 418 Å². The lowest BCUT2D eigenvalue weighted by Gasteiger charge is -2.25. The molecule has 7 aromatic rings. The van der Waals surface area contributed by atoms with Crippen molar-refractivity contribution in [3.05, 3.63) is 211 Å². The van der Waals surface area contributed by atoms with E-state index in [2.05, 4.69) is 15.6 Å². The average molecular weight is 1010 g/mol. The normalized spacial score (nSPS) is 17.2. The molecule has 6 aromatic carbocycles. The van der Waals surface area contributed by atoms with Crippen LogP contribution < -0.4 is 10.6 Å². The van der Waals surface area contributed by atoms with Crippen LogP contribution in [0.25, 0.3) is 22.3 Å². The van der Waals surface area contributed by atoms with Gasteiger partial charge >= 0.3 is 0 Å². The molecule has 0 spiro atoms. The summed E-state index contributed by atoms with van der Waals surface area (Å²) < 4.78 is 56.5. The molecule has 12 nitrogen and oxygen atoms in total. The van der Waals surface area contributed by atoms with Crippen LogP contribution in [0.15, 0.2) is 198 Å². The van der Waals surface area contributed by atoms with E-state index < -0.39 is 42.9 Å². The van der Waals surface area contributed by atoms with Crippen LogP contribution >= 0.6 is 23.5 Å². The molecule has 4 atom stereocenters. The highest BCUT2D eigenvalue weighted by Crippen LogP contribution is 2.34. The summed E-state index contributed by atoms with van der Waals surface area (Å²) in [6.45, 7) is 2.42. The Kier molecular flexibility index (Phi) is 16.7. The van der Waals surface area contributed by atoms with E-state index in [0.717, 1.165) is 38.9 Å². The smallest absolute Gasteiger partial charge is 0.249 e. The van der Waals surface area contributed by atoms with E-state index >= 15 is 0 Å². The van der Waals surface area contributed by atoms with E-state index in [-0.39, 0.29) is 41.3 Å².